The summed E-state index contributed by atoms with van der Waals surface area (Å²) in [7, 11) is 4.72. The van der Waals surface area contributed by atoms with Crippen LogP contribution in [0.5, 0.6) is 0 Å². The van der Waals surface area contributed by atoms with Crippen LogP contribution < -0.4 is 37.6 Å². The monoisotopic (exact) mass is 917 g/mol. The lowest BCUT2D eigenvalue weighted by Crippen LogP contribution is -2.59. The normalized spacial score (nSPS) is 18.0. The number of likely N-dealkylation sites (tertiary alicyclic amines) is 1. The molecular formula is C47H80N8O10. The third kappa shape index (κ3) is 17.9. The average molecular weight is 917 g/mol. The van der Waals surface area contributed by atoms with E-state index in [1.54, 1.807) is 18.9 Å². The molecule has 1 aliphatic heterocycles. The number of esters is 1. The van der Waals surface area contributed by atoms with Crippen molar-refractivity contribution in [1.29, 1.82) is 0 Å². The van der Waals surface area contributed by atoms with Gasteiger partial charge in [-0.25, -0.2) is 4.79 Å². The van der Waals surface area contributed by atoms with E-state index in [9.17, 15) is 33.6 Å². The first-order chi connectivity index (χ1) is 30.8. The first-order valence-corrected chi connectivity index (χ1v) is 23.3. The van der Waals surface area contributed by atoms with Gasteiger partial charge in [-0.15, -0.1) is 0 Å². The van der Waals surface area contributed by atoms with Gasteiger partial charge in [0.25, 0.3) is 0 Å². The number of nitrogens with two attached hydrogens (primary N) is 1. The van der Waals surface area contributed by atoms with Gasteiger partial charge in [-0.05, 0) is 56.6 Å². The number of amides is 6. The quantitative estimate of drug-likeness (QED) is 0.0448. The third-order valence-corrected chi connectivity index (χ3v) is 12.2. The molecule has 1 aliphatic rings. The van der Waals surface area contributed by atoms with Crippen LogP contribution in [0, 0.1) is 23.7 Å². The summed E-state index contributed by atoms with van der Waals surface area (Å²) in [5, 5.41) is 17.4. The zero-order valence-electron chi connectivity index (χ0n) is 40.7. The van der Waals surface area contributed by atoms with E-state index in [4.69, 9.17) is 19.9 Å². The van der Waals surface area contributed by atoms with Gasteiger partial charge in [-0.2, -0.15) is 0 Å². The van der Waals surface area contributed by atoms with Gasteiger partial charge in [0.15, 0.2) is 0 Å². The molecule has 10 atom stereocenters. The molecule has 368 valence electrons. The SMILES string of the molecule is CC[C@H](C)[C@H](NC(=O)[C@@H](NC(=O)[C@@H](NC)C(C)C)C(C)C)[C@@H](CC(=O)N1CCC[C@H]1[C@H](OC)[C@@H](C)C(=O)N[C@@H](Cc1ccccc1)C(=O)NCCCOC(=O)[C@H](C)NC(=O)CCN)OC. The van der Waals surface area contributed by atoms with Crippen molar-refractivity contribution >= 4 is 41.4 Å². The predicted octanol–water partition coefficient (Wildman–Crippen LogP) is 1.58. The van der Waals surface area contributed by atoms with Crippen LogP contribution in [0.3, 0.4) is 0 Å². The van der Waals surface area contributed by atoms with E-state index in [0.29, 0.717) is 32.2 Å². The summed E-state index contributed by atoms with van der Waals surface area (Å²) in [6, 6.07) is 5.17. The fourth-order valence-corrected chi connectivity index (χ4v) is 8.16. The molecule has 0 spiro atoms. The minimum Gasteiger partial charge on any atom is -0.464 e. The average Bonchev–Trinajstić information content (AvgIpc) is 3.76. The van der Waals surface area contributed by atoms with Crippen LogP contribution in [0.25, 0.3) is 0 Å². The minimum atomic E-state index is -0.954. The number of rotatable bonds is 29. The largest absolute Gasteiger partial charge is 0.464 e. The summed E-state index contributed by atoms with van der Waals surface area (Å²) in [5.74, 6) is -3.73. The summed E-state index contributed by atoms with van der Waals surface area (Å²) in [5.41, 5.74) is 6.22. The lowest BCUT2D eigenvalue weighted by molar-refractivity contribution is -0.147. The Morgan fingerprint density at radius 3 is 2.03 bits per heavy atom. The Morgan fingerprint density at radius 1 is 0.815 bits per heavy atom. The number of hydrogen-bond acceptors (Lipinski definition) is 12. The summed E-state index contributed by atoms with van der Waals surface area (Å²) in [4.78, 5) is 94.8. The molecule has 2 rings (SSSR count). The molecule has 18 nitrogen and oxygen atoms in total. The van der Waals surface area contributed by atoms with E-state index in [2.05, 4.69) is 31.9 Å². The van der Waals surface area contributed by atoms with Gasteiger partial charge >= 0.3 is 5.97 Å². The molecule has 1 aromatic carbocycles. The molecule has 65 heavy (non-hydrogen) atoms. The Hall–Kier alpha value is -4.65. The molecule has 0 unspecified atom stereocenters. The maximum atomic E-state index is 14.3. The summed E-state index contributed by atoms with van der Waals surface area (Å²) < 4.78 is 17.2. The first-order valence-electron chi connectivity index (χ1n) is 23.3. The van der Waals surface area contributed by atoms with Gasteiger partial charge in [0.05, 0.1) is 49.3 Å². The van der Waals surface area contributed by atoms with E-state index in [1.807, 2.05) is 71.9 Å². The Kier molecular flexibility index (Phi) is 25.3. The highest BCUT2D eigenvalue weighted by molar-refractivity contribution is 5.91. The van der Waals surface area contributed by atoms with Crippen LogP contribution in [0.15, 0.2) is 30.3 Å². The molecule has 18 heteroatoms. The van der Waals surface area contributed by atoms with Crippen molar-refractivity contribution in [2.75, 3.05) is 47.5 Å². The van der Waals surface area contributed by atoms with Crippen LogP contribution in [-0.4, -0.2) is 142 Å². The van der Waals surface area contributed by atoms with Crippen molar-refractivity contribution in [2.24, 2.45) is 29.4 Å². The third-order valence-electron chi connectivity index (χ3n) is 12.2. The Labute approximate surface area is 386 Å². The predicted molar refractivity (Wildman–Crippen MR) is 248 cm³/mol. The Morgan fingerprint density at radius 2 is 1.46 bits per heavy atom. The second-order valence-electron chi connectivity index (χ2n) is 17.8. The zero-order chi connectivity index (χ0) is 48.8. The lowest BCUT2D eigenvalue weighted by atomic mass is 9.90. The van der Waals surface area contributed by atoms with Crippen LogP contribution in [0.2, 0.25) is 0 Å². The standard InChI is InChI=1S/C47H80N8O10/c1-12-30(6)41(54-46(61)40(29(4)5)53-45(60)39(49-9)28(2)3)36(63-10)27-38(57)55-24-16-20-35(55)42(64-11)31(7)43(58)52-34(26-33-18-14-13-15-19-33)44(59)50-23-17-25-65-47(62)32(8)51-37(56)21-22-48/h13-15,18-19,28-32,34-36,39-42,49H,12,16-17,20-27,48H2,1-11H3,(H,50,59)(H,51,56)(H,52,58)(H,53,60)(H,54,61)/t30-,31+,32-,34-,35-,36+,39-,40-,41-,42+/m0/s1. The molecule has 1 heterocycles. The molecular weight excluding hydrogens is 837 g/mol. The van der Waals surface area contributed by atoms with E-state index >= 15 is 0 Å². The van der Waals surface area contributed by atoms with Gasteiger partial charge in [0.2, 0.25) is 35.4 Å². The van der Waals surface area contributed by atoms with Crippen molar-refractivity contribution in [3.63, 3.8) is 0 Å². The topological polar surface area (TPSA) is 249 Å². The number of nitrogens with zero attached hydrogens (tertiary/aromatic N) is 1. The molecule has 0 aromatic heterocycles. The maximum absolute atomic E-state index is 14.3. The van der Waals surface area contributed by atoms with Crippen LogP contribution in [0.4, 0.5) is 0 Å². The molecule has 6 amide bonds. The number of carbonyl (C=O) groups excluding carboxylic acids is 7. The van der Waals surface area contributed by atoms with Crippen molar-refractivity contribution < 1.29 is 47.8 Å². The number of nitrogens with one attached hydrogen (secondary N) is 6. The van der Waals surface area contributed by atoms with Crippen molar-refractivity contribution in [3.05, 3.63) is 35.9 Å². The molecule has 1 aromatic rings. The number of likely N-dealkylation sites (N-methyl/N-ethyl adjacent to an activating group) is 1. The van der Waals surface area contributed by atoms with Crippen molar-refractivity contribution in [3.8, 4) is 0 Å². The van der Waals surface area contributed by atoms with Crippen molar-refractivity contribution in [2.45, 2.75) is 149 Å². The highest BCUT2D eigenvalue weighted by Crippen LogP contribution is 2.29. The first kappa shape index (κ1) is 56.5. The number of methoxy groups -OCH3 is 2. The van der Waals surface area contributed by atoms with Crippen LogP contribution in [0.1, 0.15) is 99.5 Å². The number of benzene rings is 1. The Balaban J connectivity index is 2.18. The minimum absolute atomic E-state index is 0.00150. The van der Waals surface area contributed by atoms with Gasteiger partial charge in [-0.1, -0.05) is 85.2 Å². The van der Waals surface area contributed by atoms with E-state index in [0.717, 1.165) is 5.56 Å². The molecule has 1 saturated heterocycles. The molecule has 0 radical (unpaired) electrons. The fraction of sp³-hybridized carbons (Fsp3) is 0.723. The summed E-state index contributed by atoms with van der Waals surface area (Å²) >= 11 is 0. The fourth-order valence-electron chi connectivity index (χ4n) is 8.16. The van der Waals surface area contributed by atoms with Crippen LogP contribution >= 0.6 is 0 Å². The number of hydrogen-bond donors (Lipinski definition) is 7. The second kappa shape index (κ2) is 29.1. The van der Waals surface area contributed by atoms with E-state index < -0.39 is 72.2 Å². The van der Waals surface area contributed by atoms with Gasteiger partial charge in [0, 0.05) is 46.7 Å². The van der Waals surface area contributed by atoms with Crippen molar-refractivity contribution in [1.82, 2.24) is 36.8 Å². The van der Waals surface area contributed by atoms with E-state index in [1.165, 1.54) is 21.1 Å². The van der Waals surface area contributed by atoms with Gasteiger partial charge in [0.1, 0.15) is 18.1 Å². The molecule has 0 bridgehead atoms. The summed E-state index contributed by atoms with van der Waals surface area (Å²) in [6.07, 6.45) is 1.09. The van der Waals surface area contributed by atoms with Gasteiger partial charge in [-0.3, -0.25) is 28.8 Å². The second-order valence-corrected chi connectivity index (χ2v) is 17.8. The molecule has 0 aliphatic carbocycles. The van der Waals surface area contributed by atoms with Crippen LogP contribution in [-0.2, 0) is 54.2 Å². The Bertz CT molecular complexity index is 1670. The smallest absolute Gasteiger partial charge is 0.328 e. The molecule has 8 N–H and O–H groups in total. The molecule has 1 fully saturated rings. The zero-order valence-corrected chi connectivity index (χ0v) is 40.7. The lowest BCUT2D eigenvalue weighted by Gasteiger charge is -2.37. The summed E-state index contributed by atoms with van der Waals surface area (Å²) in [6.45, 7) is 15.6. The highest BCUT2D eigenvalue weighted by Gasteiger charge is 2.42. The van der Waals surface area contributed by atoms with Gasteiger partial charge < -0.3 is 56.7 Å². The number of ether oxygens (including phenoxy) is 3. The highest BCUT2D eigenvalue weighted by atomic mass is 16.5. The number of carbonyl (C=O) groups is 7. The molecule has 0 saturated carbocycles. The maximum Gasteiger partial charge on any atom is 0.328 e. The van der Waals surface area contributed by atoms with E-state index in [-0.39, 0.29) is 80.3 Å².